The first-order chi connectivity index (χ1) is 16.1. The number of methoxy groups -OCH3 is 1. The molecule has 1 aliphatic carbocycles. The fourth-order valence-electron chi connectivity index (χ4n) is 3.60. The summed E-state index contributed by atoms with van der Waals surface area (Å²) < 4.78 is 8.23. The Kier molecular flexibility index (Phi) is 5.23. The van der Waals surface area contributed by atoms with Crippen LogP contribution in [-0.4, -0.2) is 56.4 Å². The second kappa shape index (κ2) is 8.36. The topological polar surface area (TPSA) is 127 Å². The van der Waals surface area contributed by atoms with E-state index in [9.17, 15) is 9.59 Å². The van der Waals surface area contributed by atoms with Crippen molar-refractivity contribution in [3.8, 4) is 5.82 Å². The lowest BCUT2D eigenvalue weighted by atomic mass is 10.3. The van der Waals surface area contributed by atoms with Gasteiger partial charge >= 0.3 is 0 Å². The Morgan fingerprint density at radius 2 is 2.12 bits per heavy atom. The van der Waals surface area contributed by atoms with Crippen LogP contribution in [0.4, 0.5) is 17.3 Å². The van der Waals surface area contributed by atoms with Gasteiger partial charge in [-0.2, -0.15) is 9.61 Å². The summed E-state index contributed by atoms with van der Waals surface area (Å²) in [5, 5.41) is 13.3. The maximum atomic E-state index is 13.0. The molecule has 11 heteroatoms. The van der Waals surface area contributed by atoms with E-state index in [4.69, 9.17) is 4.74 Å². The molecule has 0 saturated heterocycles. The van der Waals surface area contributed by atoms with Crippen molar-refractivity contribution in [1.29, 1.82) is 0 Å². The summed E-state index contributed by atoms with van der Waals surface area (Å²) in [7, 11) is 3.36. The number of carbonyl (C=O) groups excluding carboxylic acids is 1. The van der Waals surface area contributed by atoms with Crippen LogP contribution in [0.3, 0.4) is 0 Å². The third kappa shape index (κ3) is 3.89. The summed E-state index contributed by atoms with van der Waals surface area (Å²) in [4.78, 5) is 34.6. The number of pyridine rings is 2. The minimum absolute atomic E-state index is 0.0167. The van der Waals surface area contributed by atoms with Crippen LogP contribution < -0.4 is 21.5 Å². The molecule has 0 radical (unpaired) electrons. The highest BCUT2D eigenvalue weighted by atomic mass is 16.5. The van der Waals surface area contributed by atoms with Gasteiger partial charge in [0.2, 0.25) is 0 Å². The Balaban J connectivity index is 1.49. The first kappa shape index (κ1) is 20.6. The molecule has 0 unspecified atom stereocenters. The molecule has 1 saturated carbocycles. The normalized spacial score (nSPS) is 17.0. The van der Waals surface area contributed by atoms with E-state index in [0.29, 0.717) is 34.4 Å². The summed E-state index contributed by atoms with van der Waals surface area (Å²) in [6, 6.07) is 10.4. The van der Waals surface area contributed by atoms with E-state index in [1.165, 1.54) is 15.3 Å². The van der Waals surface area contributed by atoms with E-state index in [0.717, 1.165) is 6.42 Å². The van der Waals surface area contributed by atoms with E-state index in [2.05, 4.69) is 31.0 Å². The monoisotopic (exact) mass is 446 g/mol. The second-order valence-electron chi connectivity index (χ2n) is 7.57. The van der Waals surface area contributed by atoms with Crippen LogP contribution in [0, 0.1) is 0 Å². The van der Waals surface area contributed by atoms with Crippen molar-refractivity contribution >= 4 is 28.9 Å². The number of aromatic nitrogens is 5. The Hall–Kier alpha value is -4.25. The molecule has 0 aromatic carbocycles. The van der Waals surface area contributed by atoms with Crippen molar-refractivity contribution in [1.82, 2.24) is 29.5 Å². The van der Waals surface area contributed by atoms with Gasteiger partial charge in [0.25, 0.3) is 11.5 Å². The molecule has 0 bridgehead atoms. The van der Waals surface area contributed by atoms with Gasteiger partial charge in [0, 0.05) is 32.6 Å². The smallest absolute Gasteiger partial charge is 0.279 e. The largest absolute Gasteiger partial charge is 0.379 e. The molecule has 4 heterocycles. The molecule has 5 rings (SSSR count). The molecule has 1 fully saturated rings. The van der Waals surface area contributed by atoms with Gasteiger partial charge in [-0.1, -0.05) is 6.07 Å². The van der Waals surface area contributed by atoms with Crippen LogP contribution in [0.2, 0.25) is 0 Å². The van der Waals surface area contributed by atoms with Crippen LogP contribution in [-0.2, 0) is 4.74 Å². The SMILES string of the molecule is CNc1cc(Nc2cccn(-c3ccccn3)c2=O)nc2c(C(=O)N[C@@H]3C[C@H]3OC)cnn12. The third-order valence-electron chi connectivity index (χ3n) is 5.43. The number of fused-ring (bicyclic) bond motifs is 1. The third-order valence-corrected chi connectivity index (χ3v) is 5.43. The fraction of sp³-hybridized carbons (Fsp3) is 0.227. The van der Waals surface area contributed by atoms with Crippen molar-refractivity contribution < 1.29 is 9.53 Å². The molecule has 33 heavy (non-hydrogen) atoms. The highest BCUT2D eigenvalue weighted by Crippen LogP contribution is 2.26. The van der Waals surface area contributed by atoms with Crippen molar-refractivity contribution in [2.75, 3.05) is 24.8 Å². The van der Waals surface area contributed by atoms with Crippen LogP contribution in [0.5, 0.6) is 0 Å². The van der Waals surface area contributed by atoms with E-state index in [-0.39, 0.29) is 23.6 Å². The molecule has 11 nitrogen and oxygen atoms in total. The van der Waals surface area contributed by atoms with E-state index in [1.54, 1.807) is 56.9 Å². The van der Waals surface area contributed by atoms with Crippen LogP contribution >= 0.6 is 0 Å². The average molecular weight is 446 g/mol. The zero-order valence-corrected chi connectivity index (χ0v) is 18.0. The lowest BCUT2D eigenvalue weighted by Gasteiger charge is -2.11. The van der Waals surface area contributed by atoms with Crippen molar-refractivity contribution in [2.45, 2.75) is 18.6 Å². The first-order valence-electron chi connectivity index (χ1n) is 10.4. The summed E-state index contributed by atoms with van der Waals surface area (Å²) in [5.74, 6) is 1.22. The van der Waals surface area contributed by atoms with Gasteiger partial charge in [-0.25, -0.2) is 9.97 Å². The molecule has 1 amide bonds. The van der Waals surface area contributed by atoms with Gasteiger partial charge in [0.1, 0.15) is 28.7 Å². The Morgan fingerprint density at radius 1 is 1.24 bits per heavy atom. The van der Waals surface area contributed by atoms with E-state index >= 15 is 0 Å². The van der Waals surface area contributed by atoms with E-state index in [1.807, 2.05) is 6.07 Å². The molecule has 2 atom stereocenters. The minimum Gasteiger partial charge on any atom is -0.379 e. The minimum atomic E-state index is -0.283. The first-order valence-corrected chi connectivity index (χ1v) is 10.4. The predicted molar refractivity (Wildman–Crippen MR) is 122 cm³/mol. The van der Waals surface area contributed by atoms with Gasteiger partial charge in [-0.05, 0) is 30.7 Å². The predicted octanol–water partition coefficient (Wildman–Crippen LogP) is 1.58. The fourth-order valence-corrected chi connectivity index (χ4v) is 3.60. The van der Waals surface area contributed by atoms with Crippen LogP contribution in [0.25, 0.3) is 11.5 Å². The molecule has 1 aliphatic rings. The van der Waals surface area contributed by atoms with Crippen LogP contribution in [0.15, 0.2) is 59.8 Å². The van der Waals surface area contributed by atoms with Gasteiger partial charge in [-0.3, -0.25) is 14.2 Å². The Labute approximate surface area is 188 Å². The van der Waals surface area contributed by atoms with Crippen LogP contribution in [0.1, 0.15) is 16.8 Å². The van der Waals surface area contributed by atoms with E-state index < -0.39 is 0 Å². The molecule has 168 valence electrons. The number of hydrogen-bond acceptors (Lipinski definition) is 8. The standard InChI is InChI=1S/C22H22N8O3/c1-23-19-11-17(26-14-6-5-9-29(22(14)32)18-7-3-4-8-24-18)28-20-13(12-25-30(19)20)21(31)27-15-10-16(15)33-2/h3-9,11-12,15-16,23H,10H2,1-2H3,(H,26,28)(H,27,31)/t15-,16-/m1/s1. The van der Waals surface area contributed by atoms with Crippen molar-refractivity contribution in [2.24, 2.45) is 0 Å². The molecule has 0 aliphatic heterocycles. The number of nitrogens with zero attached hydrogens (tertiary/aromatic N) is 5. The second-order valence-corrected chi connectivity index (χ2v) is 7.57. The summed E-state index contributed by atoms with van der Waals surface area (Å²) in [6.45, 7) is 0. The number of amides is 1. The lowest BCUT2D eigenvalue weighted by Crippen LogP contribution is -2.28. The van der Waals surface area contributed by atoms with Gasteiger partial charge in [0.15, 0.2) is 5.65 Å². The average Bonchev–Trinajstić information content (AvgIpc) is 3.45. The Morgan fingerprint density at radius 3 is 2.85 bits per heavy atom. The van der Waals surface area contributed by atoms with Crippen molar-refractivity contribution in [3.63, 3.8) is 0 Å². The molecule has 3 N–H and O–H groups in total. The van der Waals surface area contributed by atoms with Gasteiger partial charge in [-0.15, -0.1) is 0 Å². The number of hydrogen-bond donors (Lipinski definition) is 3. The maximum absolute atomic E-state index is 13.0. The summed E-state index contributed by atoms with van der Waals surface area (Å²) in [5.41, 5.74) is 0.719. The zero-order valence-electron chi connectivity index (χ0n) is 18.0. The summed E-state index contributed by atoms with van der Waals surface area (Å²) >= 11 is 0. The van der Waals surface area contributed by atoms with Gasteiger partial charge in [0.05, 0.1) is 18.3 Å². The Bertz CT molecular complexity index is 1380. The van der Waals surface area contributed by atoms with Crippen molar-refractivity contribution in [3.05, 3.63) is 70.9 Å². The number of rotatable bonds is 7. The molecular formula is C22H22N8O3. The summed E-state index contributed by atoms with van der Waals surface area (Å²) in [6.07, 6.45) is 5.56. The molecule has 0 spiro atoms. The molecule has 4 aromatic heterocycles. The number of nitrogens with one attached hydrogen (secondary N) is 3. The maximum Gasteiger partial charge on any atom is 0.279 e. The van der Waals surface area contributed by atoms with Gasteiger partial charge < -0.3 is 20.7 Å². The number of carbonyl (C=O) groups is 1. The lowest BCUT2D eigenvalue weighted by molar-refractivity contribution is 0.0936. The quantitative estimate of drug-likeness (QED) is 0.390. The molecule has 4 aromatic rings. The number of anilines is 3. The highest BCUT2D eigenvalue weighted by molar-refractivity contribution is 6.00. The molecular weight excluding hydrogens is 424 g/mol. The number of ether oxygens (including phenoxy) is 1. The highest BCUT2D eigenvalue weighted by Gasteiger charge is 2.39. The zero-order chi connectivity index (χ0) is 22.9.